The third kappa shape index (κ3) is 3.63. The van der Waals surface area contributed by atoms with Crippen LogP contribution < -0.4 is 9.04 Å². The first kappa shape index (κ1) is 20.3. The third-order valence-corrected chi connectivity index (χ3v) is 6.79. The highest BCUT2D eigenvalue weighted by Gasteiger charge is 2.34. The number of ether oxygens (including phenoxy) is 1. The monoisotopic (exact) mass is 433 g/mol. The van der Waals surface area contributed by atoms with Crippen molar-refractivity contribution < 1.29 is 26.3 Å². The van der Waals surface area contributed by atoms with Crippen molar-refractivity contribution in [1.29, 1.82) is 0 Å². The van der Waals surface area contributed by atoms with Crippen molar-refractivity contribution in [3.8, 4) is 16.9 Å². The van der Waals surface area contributed by atoms with Gasteiger partial charge in [-0.2, -0.15) is 13.2 Å². The minimum atomic E-state index is -4.63. The highest BCUT2D eigenvalue weighted by atomic mass is 32.2. The second-order valence-corrected chi connectivity index (χ2v) is 8.81. The first-order valence-electron chi connectivity index (χ1n) is 9.21. The van der Waals surface area contributed by atoms with Gasteiger partial charge < -0.3 is 4.74 Å². The van der Waals surface area contributed by atoms with E-state index >= 15 is 0 Å². The Hall–Kier alpha value is -3.00. The summed E-state index contributed by atoms with van der Waals surface area (Å²) in [6.45, 7) is 2.06. The fourth-order valence-corrected chi connectivity index (χ4v) is 4.96. The molecule has 0 radical (unpaired) electrons. The highest BCUT2D eigenvalue weighted by Crippen LogP contribution is 2.39. The molecule has 1 aliphatic rings. The highest BCUT2D eigenvalue weighted by molar-refractivity contribution is 7.92. The van der Waals surface area contributed by atoms with E-state index in [-0.39, 0.29) is 13.2 Å². The molecule has 4 rings (SSSR count). The number of aryl methyl sites for hydroxylation is 1. The van der Waals surface area contributed by atoms with Crippen molar-refractivity contribution in [2.75, 3.05) is 17.5 Å². The van der Waals surface area contributed by atoms with E-state index in [0.29, 0.717) is 17.5 Å². The molecular weight excluding hydrogens is 415 g/mol. The Labute approximate surface area is 172 Å². The predicted molar refractivity (Wildman–Crippen MR) is 108 cm³/mol. The lowest BCUT2D eigenvalue weighted by atomic mass is 10.00. The maximum absolute atomic E-state index is 13.2. The van der Waals surface area contributed by atoms with Crippen LogP contribution in [0, 0.1) is 6.92 Å². The van der Waals surface area contributed by atoms with E-state index in [0.717, 1.165) is 33.1 Å². The van der Waals surface area contributed by atoms with E-state index in [1.165, 1.54) is 6.07 Å². The zero-order chi connectivity index (χ0) is 21.5. The Kier molecular flexibility index (Phi) is 4.97. The van der Waals surface area contributed by atoms with Crippen LogP contribution in [0.3, 0.4) is 0 Å². The number of halogens is 3. The molecule has 0 bridgehead atoms. The minimum Gasteiger partial charge on any atom is -0.489 e. The molecule has 0 aromatic heterocycles. The molecule has 30 heavy (non-hydrogen) atoms. The second-order valence-electron chi connectivity index (χ2n) is 6.95. The maximum atomic E-state index is 13.2. The van der Waals surface area contributed by atoms with Gasteiger partial charge in [0.25, 0.3) is 10.0 Å². The summed E-state index contributed by atoms with van der Waals surface area (Å²) in [5, 5.41) is 0. The molecule has 0 saturated carbocycles. The lowest BCUT2D eigenvalue weighted by molar-refractivity contribution is -0.137. The molecule has 0 N–H and O–H groups in total. The van der Waals surface area contributed by atoms with Crippen LogP contribution in [0.5, 0.6) is 5.75 Å². The van der Waals surface area contributed by atoms with Gasteiger partial charge in [0.15, 0.2) is 0 Å². The van der Waals surface area contributed by atoms with Crippen LogP contribution in [-0.4, -0.2) is 21.6 Å². The Morgan fingerprint density at radius 1 is 0.967 bits per heavy atom. The molecule has 1 heterocycles. The number of hydrogen-bond donors (Lipinski definition) is 0. The average molecular weight is 433 g/mol. The zero-order valence-corrected chi connectivity index (χ0v) is 16.8. The molecular formula is C22H18F3NO3S. The molecule has 0 saturated heterocycles. The lowest BCUT2D eigenvalue weighted by Gasteiger charge is -2.31. The molecule has 8 heteroatoms. The summed E-state index contributed by atoms with van der Waals surface area (Å²) in [5.74, 6) is 0.370. The van der Waals surface area contributed by atoms with Gasteiger partial charge in [-0.1, -0.05) is 36.4 Å². The van der Waals surface area contributed by atoms with Crippen molar-refractivity contribution in [2.45, 2.75) is 18.0 Å². The van der Waals surface area contributed by atoms with Crippen molar-refractivity contribution >= 4 is 15.7 Å². The molecule has 3 aromatic rings. The third-order valence-electron chi connectivity index (χ3n) is 4.99. The Bertz CT molecular complexity index is 1210. The summed E-state index contributed by atoms with van der Waals surface area (Å²) in [5.41, 5.74) is 2.04. The second kappa shape index (κ2) is 7.36. The van der Waals surface area contributed by atoms with Crippen LogP contribution >= 0.6 is 0 Å². The Morgan fingerprint density at radius 3 is 2.47 bits per heavy atom. The molecule has 0 aliphatic carbocycles. The van der Waals surface area contributed by atoms with Gasteiger partial charge in [0, 0.05) is 0 Å². The molecule has 4 nitrogen and oxygen atoms in total. The van der Waals surface area contributed by atoms with Crippen LogP contribution in [-0.2, 0) is 16.2 Å². The number of hydrogen-bond acceptors (Lipinski definition) is 3. The summed E-state index contributed by atoms with van der Waals surface area (Å²) < 4.78 is 72.5. The van der Waals surface area contributed by atoms with Crippen LogP contribution in [0.25, 0.3) is 11.1 Å². The zero-order valence-electron chi connectivity index (χ0n) is 16.0. The van der Waals surface area contributed by atoms with Crippen molar-refractivity contribution in [3.05, 3.63) is 77.9 Å². The van der Waals surface area contributed by atoms with Crippen LogP contribution in [0.15, 0.2) is 71.6 Å². The molecule has 0 atom stereocenters. The summed E-state index contributed by atoms with van der Waals surface area (Å²) in [6, 6.07) is 16.7. The van der Waals surface area contributed by atoms with Crippen molar-refractivity contribution in [1.82, 2.24) is 0 Å². The van der Waals surface area contributed by atoms with Crippen LogP contribution in [0.1, 0.15) is 11.1 Å². The van der Waals surface area contributed by atoms with Gasteiger partial charge in [-0.05, 0) is 53.9 Å². The smallest absolute Gasteiger partial charge is 0.416 e. The van der Waals surface area contributed by atoms with Gasteiger partial charge >= 0.3 is 6.18 Å². The number of alkyl halides is 3. The number of rotatable bonds is 3. The van der Waals surface area contributed by atoms with Gasteiger partial charge in [-0.25, -0.2) is 8.42 Å². The summed E-state index contributed by atoms with van der Waals surface area (Å²) >= 11 is 0. The Balaban J connectivity index is 1.81. The van der Waals surface area contributed by atoms with Gasteiger partial charge in [0.05, 0.1) is 22.7 Å². The van der Waals surface area contributed by atoms with E-state index < -0.39 is 26.7 Å². The topological polar surface area (TPSA) is 46.6 Å². The molecule has 0 fully saturated rings. The quantitative estimate of drug-likeness (QED) is 0.566. The largest absolute Gasteiger partial charge is 0.489 e. The normalized spacial score (nSPS) is 14.2. The molecule has 156 valence electrons. The van der Waals surface area contributed by atoms with Gasteiger partial charge in [-0.15, -0.1) is 0 Å². The van der Waals surface area contributed by atoms with E-state index in [9.17, 15) is 21.6 Å². The fraction of sp³-hybridized carbons (Fsp3) is 0.182. The van der Waals surface area contributed by atoms with E-state index in [2.05, 4.69) is 0 Å². The standard InChI is InChI=1S/C22H18F3NO3S/c1-15-5-2-3-8-19(15)16-9-10-21-20(13-16)26(11-12-29-21)30(27,28)18-7-4-6-17(14-18)22(23,24)25/h2-10,13-14H,11-12H2,1H3. The predicted octanol–water partition coefficient (Wildman–Crippen LogP) is 5.27. The van der Waals surface area contributed by atoms with Crippen LogP contribution in [0.2, 0.25) is 0 Å². The summed E-state index contributed by atoms with van der Waals surface area (Å²) in [7, 11) is -4.21. The van der Waals surface area contributed by atoms with Gasteiger partial charge in [-0.3, -0.25) is 4.31 Å². The van der Waals surface area contributed by atoms with Crippen molar-refractivity contribution in [2.24, 2.45) is 0 Å². The molecule has 0 amide bonds. The molecule has 0 unspecified atom stereocenters. The van der Waals surface area contributed by atoms with E-state index in [1.807, 2.05) is 37.3 Å². The van der Waals surface area contributed by atoms with Gasteiger partial charge in [0.1, 0.15) is 12.4 Å². The molecule has 0 spiro atoms. The van der Waals surface area contributed by atoms with Crippen LogP contribution in [0.4, 0.5) is 18.9 Å². The first-order valence-corrected chi connectivity index (χ1v) is 10.6. The number of fused-ring (bicyclic) bond motifs is 1. The molecule has 1 aliphatic heterocycles. The number of anilines is 1. The fourth-order valence-electron chi connectivity index (χ4n) is 3.47. The first-order chi connectivity index (χ1) is 14.2. The summed E-state index contributed by atoms with van der Waals surface area (Å²) in [4.78, 5) is -0.411. The lowest BCUT2D eigenvalue weighted by Crippen LogP contribution is -2.38. The van der Waals surface area contributed by atoms with Crippen molar-refractivity contribution in [3.63, 3.8) is 0 Å². The maximum Gasteiger partial charge on any atom is 0.416 e. The Morgan fingerprint density at radius 2 is 1.73 bits per heavy atom. The number of sulfonamides is 1. The molecule has 3 aromatic carbocycles. The number of benzene rings is 3. The number of nitrogens with zero attached hydrogens (tertiary/aromatic N) is 1. The van der Waals surface area contributed by atoms with E-state index in [1.54, 1.807) is 12.1 Å². The van der Waals surface area contributed by atoms with E-state index in [4.69, 9.17) is 4.74 Å². The SMILES string of the molecule is Cc1ccccc1-c1ccc2c(c1)N(S(=O)(=O)c1cccc(C(F)(F)F)c1)CCO2. The minimum absolute atomic E-state index is 0.00278. The van der Waals surface area contributed by atoms with Gasteiger partial charge in [0.2, 0.25) is 0 Å². The summed E-state index contributed by atoms with van der Waals surface area (Å²) in [6.07, 6.45) is -4.63. The average Bonchev–Trinajstić information content (AvgIpc) is 2.73.